The molecule has 2 N–H and O–H groups in total. The second kappa shape index (κ2) is 4.23. The van der Waals surface area contributed by atoms with Crippen LogP contribution in [-0.2, 0) is 11.6 Å². The van der Waals surface area contributed by atoms with E-state index in [2.05, 4.69) is 0 Å². The minimum atomic E-state index is -4.26. The van der Waals surface area contributed by atoms with E-state index in [1.165, 1.54) is 25.0 Å². The summed E-state index contributed by atoms with van der Waals surface area (Å²) in [5, 5.41) is 0. The van der Waals surface area contributed by atoms with E-state index < -0.39 is 11.7 Å². The van der Waals surface area contributed by atoms with Crippen molar-refractivity contribution in [3.63, 3.8) is 0 Å². The molecule has 2 atom stereocenters. The standard InChI is InChI=1S/C15H18F3N/c16-15(17,18)12-7-5-11(6-8-12)14(9-13(14)19)10-3-1-2-4-10/h5-8,10,13H,1-4,9,19H2/t13-,14?/m1/s1. The van der Waals surface area contributed by atoms with Crippen molar-refractivity contribution in [2.24, 2.45) is 11.7 Å². The monoisotopic (exact) mass is 269 g/mol. The highest BCUT2D eigenvalue weighted by atomic mass is 19.4. The Morgan fingerprint density at radius 3 is 2.00 bits per heavy atom. The Bertz CT molecular complexity index is 459. The zero-order valence-electron chi connectivity index (χ0n) is 10.7. The predicted octanol–water partition coefficient (Wildman–Crippen LogP) is 3.86. The Morgan fingerprint density at radius 2 is 1.58 bits per heavy atom. The molecule has 2 saturated carbocycles. The van der Waals surface area contributed by atoms with Crippen molar-refractivity contribution in [2.45, 2.75) is 49.7 Å². The Kier molecular flexibility index (Phi) is 2.89. The lowest BCUT2D eigenvalue weighted by molar-refractivity contribution is -0.137. The van der Waals surface area contributed by atoms with Gasteiger partial charge in [0.05, 0.1) is 5.56 Å². The second-order valence-electron chi connectivity index (χ2n) is 5.91. The molecule has 0 aliphatic heterocycles. The summed E-state index contributed by atoms with van der Waals surface area (Å²) in [6.45, 7) is 0. The summed E-state index contributed by atoms with van der Waals surface area (Å²) in [5.41, 5.74) is 6.50. The topological polar surface area (TPSA) is 26.0 Å². The fourth-order valence-electron chi connectivity index (χ4n) is 3.75. The predicted molar refractivity (Wildman–Crippen MR) is 67.7 cm³/mol. The average molecular weight is 269 g/mol. The fourth-order valence-corrected chi connectivity index (χ4v) is 3.75. The summed E-state index contributed by atoms with van der Waals surface area (Å²) < 4.78 is 37.8. The Balaban J connectivity index is 1.89. The number of benzene rings is 1. The summed E-state index contributed by atoms with van der Waals surface area (Å²) in [7, 11) is 0. The van der Waals surface area contributed by atoms with Gasteiger partial charge in [-0.25, -0.2) is 0 Å². The van der Waals surface area contributed by atoms with Gasteiger partial charge in [0, 0.05) is 11.5 Å². The highest BCUT2D eigenvalue weighted by molar-refractivity contribution is 5.39. The lowest BCUT2D eigenvalue weighted by atomic mass is 9.80. The summed E-state index contributed by atoms with van der Waals surface area (Å²) in [6.07, 6.45) is 1.43. The molecular formula is C15H18F3N. The van der Waals surface area contributed by atoms with Crippen LogP contribution in [-0.4, -0.2) is 6.04 Å². The van der Waals surface area contributed by atoms with E-state index in [4.69, 9.17) is 5.73 Å². The zero-order valence-corrected chi connectivity index (χ0v) is 10.7. The Morgan fingerprint density at radius 1 is 1.05 bits per heavy atom. The smallest absolute Gasteiger partial charge is 0.327 e. The molecule has 0 bridgehead atoms. The summed E-state index contributed by atoms with van der Waals surface area (Å²) in [5.74, 6) is 0.555. The molecule has 2 fully saturated rings. The molecule has 1 nitrogen and oxygen atoms in total. The van der Waals surface area contributed by atoms with Crippen molar-refractivity contribution < 1.29 is 13.2 Å². The Hall–Kier alpha value is -1.03. The van der Waals surface area contributed by atoms with Gasteiger partial charge in [-0.05, 0) is 42.9 Å². The van der Waals surface area contributed by atoms with Gasteiger partial charge in [-0.2, -0.15) is 13.2 Å². The van der Waals surface area contributed by atoms with Crippen LogP contribution in [0.2, 0.25) is 0 Å². The number of rotatable bonds is 2. The van der Waals surface area contributed by atoms with Crippen molar-refractivity contribution in [1.82, 2.24) is 0 Å². The van der Waals surface area contributed by atoms with Crippen molar-refractivity contribution in [1.29, 1.82) is 0 Å². The zero-order chi connectivity index (χ0) is 13.7. The van der Waals surface area contributed by atoms with Gasteiger partial charge in [0.1, 0.15) is 0 Å². The van der Waals surface area contributed by atoms with Crippen LogP contribution < -0.4 is 5.73 Å². The van der Waals surface area contributed by atoms with E-state index >= 15 is 0 Å². The van der Waals surface area contributed by atoms with Crippen LogP contribution in [0.4, 0.5) is 13.2 Å². The maximum absolute atomic E-state index is 12.6. The normalized spacial score (nSPS) is 31.7. The molecule has 1 unspecified atom stereocenters. The number of hydrogen-bond donors (Lipinski definition) is 1. The molecule has 2 aliphatic carbocycles. The molecule has 0 spiro atoms. The first kappa shape index (κ1) is 13.0. The van der Waals surface area contributed by atoms with E-state index in [-0.39, 0.29) is 11.5 Å². The minimum absolute atomic E-state index is 0.0410. The molecule has 4 heteroatoms. The van der Waals surface area contributed by atoms with E-state index in [1.54, 1.807) is 12.1 Å². The number of alkyl halides is 3. The lowest BCUT2D eigenvalue weighted by Crippen LogP contribution is -2.26. The molecule has 0 heterocycles. The molecule has 104 valence electrons. The molecule has 0 aromatic heterocycles. The van der Waals surface area contributed by atoms with Crippen molar-refractivity contribution in [3.05, 3.63) is 35.4 Å². The third-order valence-corrected chi connectivity index (χ3v) is 4.89. The van der Waals surface area contributed by atoms with Gasteiger partial charge in [-0.1, -0.05) is 25.0 Å². The maximum atomic E-state index is 12.6. The number of halogens is 3. The van der Waals surface area contributed by atoms with Gasteiger partial charge in [-0.3, -0.25) is 0 Å². The highest BCUT2D eigenvalue weighted by Gasteiger charge is 2.58. The minimum Gasteiger partial charge on any atom is -0.327 e. The van der Waals surface area contributed by atoms with Gasteiger partial charge >= 0.3 is 6.18 Å². The molecule has 2 aliphatic rings. The van der Waals surface area contributed by atoms with Gasteiger partial charge in [0.25, 0.3) is 0 Å². The summed E-state index contributed by atoms with van der Waals surface area (Å²) in [6, 6.07) is 5.77. The average Bonchev–Trinajstić information content (AvgIpc) is 2.80. The first-order valence-corrected chi connectivity index (χ1v) is 6.88. The largest absolute Gasteiger partial charge is 0.416 e. The molecule has 1 aromatic rings. The van der Waals surface area contributed by atoms with Gasteiger partial charge in [0.15, 0.2) is 0 Å². The third kappa shape index (κ3) is 2.06. The summed E-state index contributed by atoms with van der Waals surface area (Å²) in [4.78, 5) is 0. The van der Waals surface area contributed by atoms with Crippen LogP contribution in [0.5, 0.6) is 0 Å². The van der Waals surface area contributed by atoms with Crippen LogP contribution >= 0.6 is 0 Å². The van der Waals surface area contributed by atoms with Crippen LogP contribution in [0.3, 0.4) is 0 Å². The molecule has 0 amide bonds. The fraction of sp³-hybridized carbons (Fsp3) is 0.600. The van der Waals surface area contributed by atoms with Crippen LogP contribution in [0, 0.1) is 5.92 Å². The maximum Gasteiger partial charge on any atom is 0.416 e. The van der Waals surface area contributed by atoms with Crippen LogP contribution in [0.15, 0.2) is 24.3 Å². The van der Waals surface area contributed by atoms with E-state index in [1.807, 2.05) is 0 Å². The third-order valence-electron chi connectivity index (χ3n) is 4.89. The van der Waals surface area contributed by atoms with Gasteiger partial charge < -0.3 is 5.73 Å². The van der Waals surface area contributed by atoms with E-state index in [9.17, 15) is 13.2 Å². The molecule has 3 rings (SSSR count). The van der Waals surface area contributed by atoms with E-state index in [0.29, 0.717) is 5.92 Å². The van der Waals surface area contributed by atoms with Crippen LogP contribution in [0.1, 0.15) is 43.2 Å². The lowest BCUT2D eigenvalue weighted by Gasteiger charge is -2.24. The molecule has 19 heavy (non-hydrogen) atoms. The quantitative estimate of drug-likeness (QED) is 0.866. The number of nitrogens with two attached hydrogens (primary N) is 1. The van der Waals surface area contributed by atoms with Gasteiger partial charge in [0.2, 0.25) is 0 Å². The second-order valence-corrected chi connectivity index (χ2v) is 5.91. The van der Waals surface area contributed by atoms with Crippen molar-refractivity contribution in [2.75, 3.05) is 0 Å². The highest BCUT2D eigenvalue weighted by Crippen LogP contribution is 2.57. The summed E-state index contributed by atoms with van der Waals surface area (Å²) >= 11 is 0. The van der Waals surface area contributed by atoms with Gasteiger partial charge in [-0.15, -0.1) is 0 Å². The Labute approximate surface area is 111 Å². The first-order valence-electron chi connectivity index (χ1n) is 6.88. The molecule has 0 saturated heterocycles. The number of hydrogen-bond acceptors (Lipinski definition) is 1. The molecule has 1 aromatic carbocycles. The van der Waals surface area contributed by atoms with Crippen LogP contribution in [0.25, 0.3) is 0 Å². The van der Waals surface area contributed by atoms with Crippen molar-refractivity contribution in [3.8, 4) is 0 Å². The molecular weight excluding hydrogens is 251 g/mol. The van der Waals surface area contributed by atoms with E-state index in [0.717, 1.165) is 24.8 Å². The van der Waals surface area contributed by atoms with Crippen molar-refractivity contribution >= 4 is 0 Å². The molecule has 0 radical (unpaired) electrons. The SMILES string of the molecule is N[C@@H]1CC1(c1ccc(C(F)(F)F)cc1)C1CCCC1. The first-order chi connectivity index (χ1) is 8.94.